The van der Waals surface area contributed by atoms with Gasteiger partial charge in [-0.05, 0) is 73.0 Å². The van der Waals surface area contributed by atoms with Crippen LogP contribution in [0.4, 0.5) is 5.95 Å². The van der Waals surface area contributed by atoms with E-state index in [9.17, 15) is 4.79 Å². The second kappa shape index (κ2) is 12.2. The summed E-state index contributed by atoms with van der Waals surface area (Å²) in [5.41, 5.74) is 4.59. The average molecular weight is 558 g/mol. The smallest absolute Gasteiger partial charge is 0.242 e. The third-order valence-corrected chi connectivity index (χ3v) is 7.67. The Kier molecular flexibility index (Phi) is 8.33. The number of hydrogen-bond donors (Lipinski definition) is 2. The highest BCUT2D eigenvalue weighted by molar-refractivity contribution is 7.17. The van der Waals surface area contributed by atoms with Gasteiger partial charge in [0.15, 0.2) is 0 Å². The zero-order chi connectivity index (χ0) is 28.1. The first-order valence-electron chi connectivity index (χ1n) is 13.1. The predicted octanol–water partition coefficient (Wildman–Crippen LogP) is 4.05. The van der Waals surface area contributed by atoms with Gasteiger partial charge in [0, 0.05) is 38.8 Å². The number of anilines is 1. The number of likely N-dealkylation sites (tertiary alicyclic amines) is 1. The number of benzene rings is 1. The fraction of sp³-hybridized carbons (Fsp3) is 0.357. The summed E-state index contributed by atoms with van der Waals surface area (Å²) in [5.74, 6) is 1.74. The number of allylic oxidation sites excluding steroid dienone is 1. The second-order valence-electron chi connectivity index (χ2n) is 9.81. The molecule has 1 aromatic carbocycles. The molecule has 0 atom stereocenters. The van der Waals surface area contributed by atoms with Gasteiger partial charge in [0.2, 0.25) is 17.7 Å². The summed E-state index contributed by atoms with van der Waals surface area (Å²) < 4.78 is 8.86. The first-order valence-corrected chi connectivity index (χ1v) is 14.0. The molecule has 0 unspecified atom stereocenters. The van der Waals surface area contributed by atoms with E-state index in [1.54, 1.807) is 29.1 Å². The van der Waals surface area contributed by atoms with Crippen LogP contribution in [-0.2, 0) is 17.9 Å². The van der Waals surface area contributed by atoms with Crippen molar-refractivity contribution in [2.24, 2.45) is 0 Å². The van der Waals surface area contributed by atoms with Crippen LogP contribution in [0.3, 0.4) is 0 Å². The van der Waals surface area contributed by atoms with Gasteiger partial charge >= 0.3 is 0 Å². The summed E-state index contributed by atoms with van der Waals surface area (Å²) in [6.45, 7) is 6.64. The summed E-state index contributed by atoms with van der Waals surface area (Å²) in [5, 5.41) is 25.2. The monoisotopic (exact) mass is 557 g/mol. The van der Waals surface area contributed by atoms with Crippen molar-refractivity contribution in [3.63, 3.8) is 0 Å². The van der Waals surface area contributed by atoms with Gasteiger partial charge in [0.25, 0.3) is 0 Å². The van der Waals surface area contributed by atoms with Gasteiger partial charge in [0.05, 0.1) is 23.5 Å². The van der Waals surface area contributed by atoms with Crippen LogP contribution in [0.1, 0.15) is 35.2 Å². The SMILES string of the molecule is CNC(=O)Cn1cc(CN2CCC(Nc3nc(Oc4c(C)cc(/C=C/C#N)cc4C)c4sccc4n3)CC2)nn1. The van der Waals surface area contributed by atoms with E-state index in [-0.39, 0.29) is 18.5 Å². The molecule has 0 radical (unpaired) electrons. The Morgan fingerprint density at radius 3 is 2.75 bits per heavy atom. The number of nitrogens with one attached hydrogen (secondary N) is 2. The molecule has 1 saturated heterocycles. The van der Waals surface area contributed by atoms with E-state index in [2.05, 4.69) is 25.8 Å². The van der Waals surface area contributed by atoms with Gasteiger partial charge in [-0.2, -0.15) is 10.2 Å². The number of nitriles is 1. The van der Waals surface area contributed by atoms with Crippen molar-refractivity contribution in [2.45, 2.75) is 45.8 Å². The minimum Gasteiger partial charge on any atom is -0.437 e. The number of thiophene rings is 1. The molecule has 4 aromatic rings. The summed E-state index contributed by atoms with van der Waals surface area (Å²) in [6.07, 6.45) is 6.95. The number of rotatable bonds is 9. The molecule has 206 valence electrons. The molecule has 2 N–H and O–H groups in total. The van der Waals surface area contributed by atoms with Crippen molar-refractivity contribution in [3.05, 3.63) is 58.2 Å². The molecule has 11 nitrogen and oxygen atoms in total. The molecule has 5 rings (SSSR count). The van der Waals surface area contributed by atoms with Crippen LogP contribution in [0, 0.1) is 25.2 Å². The van der Waals surface area contributed by atoms with Gasteiger partial charge in [-0.25, -0.2) is 9.67 Å². The van der Waals surface area contributed by atoms with Crippen molar-refractivity contribution in [3.8, 4) is 17.7 Å². The topological polar surface area (TPSA) is 134 Å². The van der Waals surface area contributed by atoms with Crippen LogP contribution >= 0.6 is 11.3 Å². The number of likely N-dealkylation sites (N-methyl/N-ethyl adjacent to an activating group) is 1. The van der Waals surface area contributed by atoms with Crippen molar-refractivity contribution in [2.75, 3.05) is 25.5 Å². The van der Waals surface area contributed by atoms with Crippen LogP contribution in [-0.4, -0.2) is 61.9 Å². The van der Waals surface area contributed by atoms with Crippen LogP contribution in [0.5, 0.6) is 11.6 Å². The van der Waals surface area contributed by atoms with Gasteiger partial charge in [-0.3, -0.25) is 9.69 Å². The number of fused-ring (bicyclic) bond motifs is 1. The Hall–Kier alpha value is -4.34. The molecule has 1 fully saturated rings. The Morgan fingerprint density at radius 2 is 2.02 bits per heavy atom. The number of hydrogen-bond acceptors (Lipinski definition) is 10. The van der Waals surface area contributed by atoms with Crippen molar-refractivity contribution < 1.29 is 9.53 Å². The van der Waals surface area contributed by atoms with E-state index in [1.165, 1.54) is 6.08 Å². The molecule has 0 spiro atoms. The van der Waals surface area contributed by atoms with E-state index in [0.717, 1.165) is 64.3 Å². The Labute approximate surface area is 236 Å². The molecule has 12 heteroatoms. The van der Waals surface area contributed by atoms with Crippen LogP contribution in [0.25, 0.3) is 16.3 Å². The normalized spacial score (nSPS) is 14.4. The standard InChI is InChI=1S/C28H31N9O2S/c1-18-13-20(5-4-9-29)14-19(2)25(18)39-27-26-23(8-12-40-26)32-28(33-27)31-21-6-10-36(11-7-21)15-22-16-37(35-34-22)17-24(38)30-3/h4-5,8,12-14,16,21H,6-7,10-11,15,17H2,1-3H3,(H,30,38)(H,31,32,33)/b5-4+. The molecule has 0 bridgehead atoms. The van der Waals surface area contributed by atoms with Crippen molar-refractivity contribution in [1.82, 2.24) is 35.2 Å². The quantitative estimate of drug-likeness (QED) is 0.292. The number of carbonyl (C=O) groups is 1. The maximum atomic E-state index is 11.6. The lowest BCUT2D eigenvalue weighted by atomic mass is 10.1. The highest BCUT2D eigenvalue weighted by Gasteiger charge is 2.22. The zero-order valence-electron chi connectivity index (χ0n) is 22.7. The molecular formula is C28H31N9O2S. The van der Waals surface area contributed by atoms with E-state index in [1.807, 2.05) is 49.7 Å². The van der Waals surface area contributed by atoms with Crippen LogP contribution in [0.2, 0.25) is 0 Å². The molecule has 0 saturated carbocycles. The highest BCUT2D eigenvalue weighted by Crippen LogP contribution is 2.36. The number of carbonyl (C=O) groups excluding carboxylic acids is 1. The molecule has 1 aliphatic heterocycles. The van der Waals surface area contributed by atoms with Crippen LogP contribution in [0.15, 0.2) is 35.9 Å². The maximum absolute atomic E-state index is 11.6. The fourth-order valence-electron chi connectivity index (χ4n) is 4.80. The predicted molar refractivity (Wildman–Crippen MR) is 154 cm³/mol. The lowest BCUT2D eigenvalue weighted by molar-refractivity contribution is -0.121. The van der Waals surface area contributed by atoms with Crippen molar-refractivity contribution in [1.29, 1.82) is 5.26 Å². The molecular weight excluding hydrogens is 526 g/mol. The van der Waals surface area contributed by atoms with Crippen LogP contribution < -0.4 is 15.4 Å². The van der Waals surface area contributed by atoms with Gasteiger partial charge < -0.3 is 15.4 Å². The first-order chi connectivity index (χ1) is 19.4. The zero-order valence-corrected chi connectivity index (χ0v) is 23.5. The van der Waals surface area contributed by atoms with Gasteiger partial charge in [-0.1, -0.05) is 5.21 Å². The van der Waals surface area contributed by atoms with Gasteiger partial charge in [-0.15, -0.1) is 16.4 Å². The molecule has 0 aliphatic carbocycles. The Morgan fingerprint density at radius 1 is 1.25 bits per heavy atom. The average Bonchev–Trinajstić information content (AvgIpc) is 3.60. The molecule has 1 amide bonds. The Balaban J connectivity index is 1.24. The van der Waals surface area contributed by atoms with E-state index >= 15 is 0 Å². The Bertz CT molecular complexity index is 1560. The summed E-state index contributed by atoms with van der Waals surface area (Å²) in [4.78, 5) is 23.4. The van der Waals surface area contributed by atoms with E-state index < -0.39 is 0 Å². The lowest BCUT2D eigenvalue weighted by Gasteiger charge is -2.31. The molecule has 1 aliphatic rings. The molecule has 4 heterocycles. The van der Waals surface area contributed by atoms with Crippen molar-refractivity contribution >= 4 is 39.5 Å². The minimum absolute atomic E-state index is 0.104. The first kappa shape index (κ1) is 27.2. The summed E-state index contributed by atoms with van der Waals surface area (Å²) in [6, 6.07) is 8.25. The summed E-state index contributed by atoms with van der Waals surface area (Å²) >= 11 is 1.55. The molecule has 40 heavy (non-hydrogen) atoms. The second-order valence-corrected chi connectivity index (χ2v) is 10.7. The fourth-order valence-corrected chi connectivity index (χ4v) is 5.56. The van der Waals surface area contributed by atoms with E-state index in [0.29, 0.717) is 18.4 Å². The maximum Gasteiger partial charge on any atom is 0.242 e. The number of ether oxygens (including phenoxy) is 1. The number of nitrogens with zero attached hydrogens (tertiary/aromatic N) is 7. The third-order valence-electron chi connectivity index (χ3n) is 6.78. The third kappa shape index (κ3) is 6.44. The highest BCUT2D eigenvalue weighted by atomic mass is 32.1. The summed E-state index contributed by atoms with van der Waals surface area (Å²) in [7, 11) is 1.61. The number of amides is 1. The number of piperidine rings is 1. The lowest BCUT2D eigenvalue weighted by Crippen LogP contribution is -2.39. The number of aryl methyl sites for hydroxylation is 2. The van der Waals surface area contributed by atoms with E-state index in [4.69, 9.17) is 20.0 Å². The molecule has 3 aromatic heterocycles. The number of aromatic nitrogens is 5. The largest absolute Gasteiger partial charge is 0.437 e. The van der Waals surface area contributed by atoms with Gasteiger partial charge in [0.1, 0.15) is 17.0 Å². The minimum atomic E-state index is -0.104.